The largest absolute Gasteiger partial charge is 0.311 e. The average molecular weight is 247 g/mol. The van der Waals surface area contributed by atoms with Crippen molar-refractivity contribution >= 4 is 0 Å². The Hall–Kier alpha value is -0.960. The van der Waals surface area contributed by atoms with Crippen molar-refractivity contribution in [1.82, 2.24) is 15.3 Å². The first-order chi connectivity index (χ1) is 8.72. The van der Waals surface area contributed by atoms with E-state index in [1.165, 1.54) is 25.7 Å². The van der Waals surface area contributed by atoms with Crippen LogP contribution in [0.2, 0.25) is 0 Å². The fourth-order valence-electron chi connectivity index (χ4n) is 3.24. The molecule has 0 amide bonds. The molecule has 0 aliphatic heterocycles. The van der Waals surface area contributed by atoms with Crippen molar-refractivity contribution in [2.75, 3.05) is 7.05 Å². The summed E-state index contributed by atoms with van der Waals surface area (Å²) in [5, 5.41) is 3.43. The van der Waals surface area contributed by atoms with Gasteiger partial charge in [0.2, 0.25) is 0 Å². The molecule has 1 atom stereocenters. The van der Waals surface area contributed by atoms with Gasteiger partial charge in [0.1, 0.15) is 0 Å². The third kappa shape index (κ3) is 3.08. The van der Waals surface area contributed by atoms with Crippen LogP contribution >= 0.6 is 0 Å². The highest BCUT2D eigenvalue weighted by molar-refractivity contribution is 5.04. The van der Waals surface area contributed by atoms with Crippen LogP contribution in [-0.4, -0.2) is 17.0 Å². The maximum Gasteiger partial charge on any atom is 0.0758 e. The Morgan fingerprint density at radius 3 is 2.28 bits per heavy atom. The quantitative estimate of drug-likeness (QED) is 0.888. The second-order valence-electron chi connectivity index (χ2n) is 5.82. The van der Waals surface area contributed by atoms with Crippen LogP contribution < -0.4 is 5.32 Å². The molecule has 1 aliphatic rings. The fourth-order valence-corrected chi connectivity index (χ4v) is 3.24. The Balaban J connectivity index is 1.99. The van der Waals surface area contributed by atoms with Gasteiger partial charge in [-0.25, -0.2) is 0 Å². The number of aromatic nitrogens is 2. The molecule has 1 unspecified atom stereocenters. The third-order valence-corrected chi connectivity index (χ3v) is 4.44. The molecule has 0 spiro atoms. The van der Waals surface area contributed by atoms with Crippen molar-refractivity contribution in [1.29, 1.82) is 0 Å². The molecule has 1 heterocycles. The zero-order valence-electron chi connectivity index (χ0n) is 11.8. The molecule has 0 bridgehead atoms. The smallest absolute Gasteiger partial charge is 0.0758 e. The summed E-state index contributed by atoms with van der Waals surface area (Å²) in [6, 6.07) is 0.367. The van der Waals surface area contributed by atoms with E-state index in [1.807, 2.05) is 13.2 Å². The highest BCUT2D eigenvalue weighted by atomic mass is 14.9. The lowest BCUT2D eigenvalue weighted by Gasteiger charge is -2.35. The summed E-state index contributed by atoms with van der Waals surface area (Å²) in [7, 11) is 2.04. The minimum Gasteiger partial charge on any atom is -0.311 e. The Morgan fingerprint density at radius 1 is 1.11 bits per heavy atom. The summed E-state index contributed by atoms with van der Waals surface area (Å²) < 4.78 is 0. The maximum atomic E-state index is 4.45. The van der Waals surface area contributed by atoms with Crippen LogP contribution in [0.3, 0.4) is 0 Å². The summed E-state index contributed by atoms with van der Waals surface area (Å²) in [6.45, 7) is 4.70. The summed E-state index contributed by atoms with van der Waals surface area (Å²) >= 11 is 0. The molecule has 3 nitrogen and oxygen atoms in total. The molecule has 0 radical (unpaired) electrons. The lowest BCUT2D eigenvalue weighted by Crippen LogP contribution is -2.30. The molecule has 0 aromatic carbocycles. The SMILES string of the molecule is CNC(c1cnccn1)C1CCC(C(C)C)CC1. The number of nitrogens with one attached hydrogen (secondary N) is 1. The topological polar surface area (TPSA) is 37.8 Å². The van der Waals surface area contributed by atoms with Crippen molar-refractivity contribution in [3.05, 3.63) is 24.3 Å². The predicted octanol–water partition coefficient (Wildman–Crippen LogP) is 3.20. The molecule has 1 saturated carbocycles. The maximum absolute atomic E-state index is 4.45. The predicted molar refractivity (Wildman–Crippen MR) is 74.1 cm³/mol. The van der Waals surface area contributed by atoms with Crippen LogP contribution in [0.4, 0.5) is 0 Å². The van der Waals surface area contributed by atoms with Gasteiger partial charge in [0.05, 0.1) is 11.7 Å². The monoisotopic (exact) mass is 247 g/mol. The van der Waals surface area contributed by atoms with E-state index in [-0.39, 0.29) is 0 Å². The first kappa shape index (κ1) is 13.5. The minimum absolute atomic E-state index is 0.367. The Labute approximate surface area is 110 Å². The van der Waals surface area contributed by atoms with E-state index in [2.05, 4.69) is 29.1 Å². The van der Waals surface area contributed by atoms with Crippen LogP contribution in [0.1, 0.15) is 51.3 Å². The lowest BCUT2D eigenvalue weighted by atomic mass is 9.74. The van der Waals surface area contributed by atoms with E-state index in [4.69, 9.17) is 0 Å². The van der Waals surface area contributed by atoms with E-state index in [0.717, 1.165) is 17.5 Å². The van der Waals surface area contributed by atoms with Gasteiger partial charge >= 0.3 is 0 Å². The zero-order chi connectivity index (χ0) is 13.0. The van der Waals surface area contributed by atoms with Gasteiger partial charge in [-0.2, -0.15) is 0 Å². The molecule has 1 fully saturated rings. The molecule has 2 rings (SSSR count). The van der Waals surface area contributed by atoms with Crippen LogP contribution in [0.25, 0.3) is 0 Å². The van der Waals surface area contributed by atoms with Gasteiger partial charge < -0.3 is 5.32 Å². The Morgan fingerprint density at radius 2 is 1.78 bits per heavy atom. The van der Waals surface area contributed by atoms with Crippen LogP contribution in [-0.2, 0) is 0 Å². The Bertz CT molecular complexity index is 342. The molecular formula is C15H25N3. The van der Waals surface area contributed by atoms with Crippen LogP contribution in [0.5, 0.6) is 0 Å². The summed E-state index contributed by atoms with van der Waals surface area (Å²) in [6.07, 6.45) is 10.8. The molecule has 1 aliphatic carbocycles. The Kier molecular flexibility index (Phi) is 4.70. The van der Waals surface area contributed by atoms with Gasteiger partial charge in [0, 0.05) is 18.6 Å². The number of hydrogen-bond donors (Lipinski definition) is 1. The van der Waals surface area contributed by atoms with Crippen molar-refractivity contribution in [2.24, 2.45) is 17.8 Å². The highest BCUT2D eigenvalue weighted by Gasteiger charge is 2.29. The number of nitrogens with zero attached hydrogens (tertiary/aromatic N) is 2. The first-order valence-electron chi connectivity index (χ1n) is 7.15. The highest BCUT2D eigenvalue weighted by Crippen LogP contribution is 2.38. The number of hydrogen-bond acceptors (Lipinski definition) is 3. The molecule has 100 valence electrons. The second kappa shape index (κ2) is 6.28. The summed E-state index contributed by atoms with van der Waals surface area (Å²) in [5.41, 5.74) is 1.09. The van der Waals surface area contributed by atoms with Gasteiger partial charge in [0.15, 0.2) is 0 Å². The van der Waals surface area contributed by atoms with Crippen molar-refractivity contribution in [3.8, 4) is 0 Å². The first-order valence-corrected chi connectivity index (χ1v) is 7.15. The zero-order valence-corrected chi connectivity index (χ0v) is 11.8. The average Bonchev–Trinajstić information content (AvgIpc) is 2.41. The molecule has 1 N–H and O–H groups in total. The van der Waals surface area contributed by atoms with Crippen molar-refractivity contribution in [2.45, 2.75) is 45.6 Å². The van der Waals surface area contributed by atoms with E-state index in [1.54, 1.807) is 12.4 Å². The second-order valence-corrected chi connectivity index (χ2v) is 5.82. The third-order valence-electron chi connectivity index (χ3n) is 4.44. The summed E-state index contributed by atoms with van der Waals surface area (Å²) in [4.78, 5) is 8.64. The van der Waals surface area contributed by atoms with E-state index in [9.17, 15) is 0 Å². The lowest BCUT2D eigenvalue weighted by molar-refractivity contribution is 0.191. The van der Waals surface area contributed by atoms with Gasteiger partial charge in [-0.05, 0) is 50.5 Å². The van der Waals surface area contributed by atoms with Crippen LogP contribution in [0, 0.1) is 17.8 Å². The molecule has 0 saturated heterocycles. The molecule has 18 heavy (non-hydrogen) atoms. The van der Waals surface area contributed by atoms with Crippen LogP contribution in [0.15, 0.2) is 18.6 Å². The molecular weight excluding hydrogens is 222 g/mol. The van der Waals surface area contributed by atoms with Crippen molar-refractivity contribution < 1.29 is 0 Å². The fraction of sp³-hybridized carbons (Fsp3) is 0.733. The van der Waals surface area contributed by atoms with Gasteiger partial charge in [-0.1, -0.05) is 13.8 Å². The molecule has 1 aromatic rings. The molecule has 3 heteroatoms. The molecule has 1 aromatic heterocycles. The van der Waals surface area contributed by atoms with E-state index in [0.29, 0.717) is 12.0 Å². The normalized spacial score (nSPS) is 26.2. The standard InChI is InChI=1S/C15H25N3/c1-11(2)12-4-6-13(7-5-12)15(16-3)14-10-17-8-9-18-14/h8-13,15-16H,4-7H2,1-3H3. The minimum atomic E-state index is 0.367. The van der Waals surface area contributed by atoms with Gasteiger partial charge in [-0.15, -0.1) is 0 Å². The number of rotatable bonds is 4. The van der Waals surface area contributed by atoms with Crippen molar-refractivity contribution in [3.63, 3.8) is 0 Å². The van der Waals surface area contributed by atoms with E-state index >= 15 is 0 Å². The summed E-state index contributed by atoms with van der Waals surface area (Å²) in [5.74, 6) is 2.46. The van der Waals surface area contributed by atoms with E-state index < -0.39 is 0 Å². The van der Waals surface area contributed by atoms with Gasteiger partial charge in [-0.3, -0.25) is 9.97 Å². The van der Waals surface area contributed by atoms with Gasteiger partial charge in [0.25, 0.3) is 0 Å².